The minimum Gasteiger partial charge on any atom is -0.490 e. The molecule has 4 nitrogen and oxygen atoms in total. The van der Waals surface area contributed by atoms with Gasteiger partial charge in [0.25, 0.3) is 0 Å². The molecule has 2 aromatic rings. The van der Waals surface area contributed by atoms with E-state index in [1.165, 1.54) is 6.07 Å². The van der Waals surface area contributed by atoms with Crippen molar-refractivity contribution < 1.29 is 18.6 Å². The molecule has 0 bridgehead atoms. The molecule has 1 unspecified atom stereocenters. The highest BCUT2D eigenvalue weighted by Crippen LogP contribution is 2.35. The van der Waals surface area contributed by atoms with Crippen molar-refractivity contribution in [3.8, 4) is 23.3 Å². The van der Waals surface area contributed by atoms with Gasteiger partial charge in [0.05, 0.1) is 18.6 Å². The second-order valence-electron chi connectivity index (χ2n) is 4.86. The Labute approximate surface area is 127 Å². The van der Waals surface area contributed by atoms with Gasteiger partial charge < -0.3 is 14.2 Å². The average Bonchev–Trinajstić information content (AvgIpc) is 3.01. The molecule has 0 saturated heterocycles. The fourth-order valence-electron chi connectivity index (χ4n) is 2.28. The molecule has 0 radical (unpaired) electrons. The van der Waals surface area contributed by atoms with Crippen LogP contribution in [0.5, 0.6) is 17.2 Å². The maximum absolute atomic E-state index is 13.4. The van der Waals surface area contributed by atoms with Crippen LogP contribution in [0, 0.1) is 17.1 Å². The summed E-state index contributed by atoms with van der Waals surface area (Å²) >= 11 is 0. The second-order valence-corrected chi connectivity index (χ2v) is 4.86. The molecular weight excluding hydrogens is 285 g/mol. The Morgan fingerprint density at radius 3 is 2.82 bits per heavy atom. The molecule has 22 heavy (non-hydrogen) atoms. The van der Waals surface area contributed by atoms with Gasteiger partial charge in [-0.15, -0.1) is 0 Å². The first-order valence-corrected chi connectivity index (χ1v) is 6.94. The Morgan fingerprint density at radius 2 is 2.00 bits per heavy atom. The van der Waals surface area contributed by atoms with Gasteiger partial charge in [-0.3, -0.25) is 0 Å². The van der Waals surface area contributed by atoms with Gasteiger partial charge in [0.15, 0.2) is 23.1 Å². The van der Waals surface area contributed by atoms with Crippen LogP contribution in [0.3, 0.4) is 0 Å². The van der Waals surface area contributed by atoms with E-state index in [1.54, 1.807) is 30.3 Å². The van der Waals surface area contributed by atoms with Gasteiger partial charge in [0.1, 0.15) is 0 Å². The van der Waals surface area contributed by atoms with Crippen molar-refractivity contribution in [3.63, 3.8) is 0 Å². The number of nitriles is 1. The predicted octanol–water partition coefficient (Wildman–Crippen LogP) is 3.63. The number of halogens is 1. The number of fused-ring (bicyclic) bond motifs is 1. The fourth-order valence-corrected chi connectivity index (χ4v) is 2.28. The van der Waals surface area contributed by atoms with Crippen molar-refractivity contribution in [2.45, 2.75) is 12.3 Å². The second kappa shape index (κ2) is 6.35. The minimum atomic E-state index is -0.404. The lowest BCUT2D eigenvalue weighted by molar-refractivity contribution is 0.174. The lowest BCUT2D eigenvalue weighted by Crippen LogP contribution is -2.05. The summed E-state index contributed by atoms with van der Waals surface area (Å²) in [6.07, 6.45) is 0.463. The van der Waals surface area contributed by atoms with Crippen LogP contribution in [-0.4, -0.2) is 13.4 Å². The first-order chi connectivity index (χ1) is 10.8. The standard InChI is InChI=1S/C17H14FNO3/c18-14-3-1-2-4-15(14)20-8-7-13(10-19)12-5-6-16-17(9-12)22-11-21-16/h1-6,9,13H,7-8,11H2. The zero-order chi connectivity index (χ0) is 15.4. The van der Waals surface area contributed by atoms with Crippen LogP contribution in [0.25, 0.3) is 0 Å². The summed E-state index contributed by atoms with van der Waals surface area (Å²) in [4.78, 5) is 0. The molecule has 1 heterocycles. The minimum absolute atomic E-state index is 0.199. The molecule has 1 aliphatic heterocycles. The third-order valence-electron chi connectivity index (χ3n) is 3.46. The van der Waals surface area contributed by atoms with Crippen molar-refractivity contribution in [2.24, 2.45) is 0 Å². The molecular formula is C17H14FNO3. The van der Waals surface area contributed by atoms with Gasteiger partial charge in [-0.25, -0.2) is 4.39 Å². The van der Waals surface area contributed by atoms with E-state index in [-0.39, 0.29) is 25.1 Å². The molecule has 1 aliphatic rings. The first kappa shape index (κ1) is 14.2. The number of hydrogen-bond acceptors (Lipinski definition) is 4. The zero-order valence-electron chi connectivity index (χ0n) is 11.8. The molecule has 2 aromatic carbocycles. The van der Waals surface area contributed by atoms with Crippen molar-refractivity contribution in [3.05, 3.63) is 53.8 Å². The van der Waals surface area contributed by atoms with Gasteiger partial charge in [0, 0.05) is 6.42 Å². The Kier molecular flexibility index (Phi) is 4.10. The maximum atomic E-state index is 13.4. The smallest absolute Gasteiger partial charge is 0.231 e. The highest BCUT2D eigenvalue weighted by atomic mass is 19.1. The number of benzene rings is 2. The average molecular weight is 299 g/mol. The molecule has 1 atom stereocenters. The normalized spacial score (nSPS) is 13.5. The summed E-state index contributed by atoms with van der Waals surface area (Å²) in [5.74, 6) is 0.779. The van der Waals surface area contributed by atoms with Gasteiger partial charge in [-0.05, 0) is 29.8 Å². The van der Waals surface area contributed by atoms with E-state index in [4.69, 9.17) is 14.2 Å². The Hall–Kier alpha value is -2.74. The van der Waals surface area contributed by atoms with Crippen LogP contribution in [0.15, 0.2) is 42.5 Å². The number of nitrogens with zero attached hydrogens (tertiary/aromatic N) is 1. The molecule has 0 amide bonds. The van der Waals surface area contributed by atoms with E-state index in [9.17, 15) is 9.65 Å². The van der Waals surface area contributed by atoms with Crippen LogP contribution in [0.2, 0.25) is 0 Å². The third kappa shape index (κ3) is 2.96. The molecule has 0 saturated carbocycles. The number of hydrogen-bond donors (Lipinski definition) is 0. The van der Waals surface area contributed by atoms with E-state index in [1.807, 2.05) is 6.07 Å². The maximum Gasteiger partial charge on any atom is 0.231 e. The van der Waals surface area contributed by atoms with Crippen molar-refractivity contribution >= 4 is 0 Å². The largest absolute Gasteiger partial charge is 0.490 e. The van der Waals surface area contributed by atoms with Gasteiger partial charge >= 0.3 is 0 Å². The lowest BCUT2D eigenvalue weighted by atomic mass is 9.97. The summed E-state index contributed by atoms with van der Waals surface area (Å²) in [6, 6.07) is 13.9. The number of para-hydroxylation sites is 1. The van der Waals surface area contributed by atoms with Crippen LogP contribution < -0.4 is 14.2 Å². The highest BCUT2D eigenvalue weighted by Gasteiger charge is 2.18. The molecule has 112 valence electrons. The summed E-state index contributed by atoms with van der Waals surface area (Å²) in [5.41, 5.74) is 0.837. The fraction of sp³-hybridized carbons (Fsp3) is 0.235. The Balaban J connectivity index is 1.63. The van der Waals surface area contributed by atoms with E-state index >= 15 is 0 Å². The van der Waals surface area contributed by atoms with Crippen LogP contribution in [0.4, 0.5) is 4.39 Å². The van der Waals surface area contributed by atoms with Crippen LogP contribution in [0.1, 0.15) is 17.9 Å². The third-order valence-corrected chi connectivity index (χ3v) is 3.46. The molecule has 0 aromatic heterocycles. The monoisotopic (exact) mass is 299 g/mol. The summed E-state index contributed by atoms with van der Waals surface area (Å²) in [7, 11) is 0. The topological polar surface area (TPSA) is 51.5 Å². The Morgan fingerprint density at radius 1 is 1.18 bits per heavy atom. The van der Waals surface area contributed by atoms with Crippen LogP contribution in [-0.2, 0) is 0 Å². The van der Waals surface area contributed by atoms with Crippen molar-refractivity contribution in [1.82, 2.24) is 0 Å². The molecule has 0 N–H and O–H groups in total. The Bertz CT molecular complexity index is 711. The molecule has 0 spiro atoms. The zero-order valence-corrected chi connectivity index (χ0v) is 11.8. The van der Waals surface area contributed by atoms with Gasteiger partial charge in [-0.2, -0.15) is 5.26 Å². The quantitative estimate of drug-likeness (QED) is 0.846. The van der Waals surface area contributed by atoms with E-state index in [0.29, 0.717) is 17.9 Å². The number of ether oxygens (including phenoxy) is 3. The van der Waals surface area contributed by atoms with E-state index < -0.39 is 5.82 Å². The molecule has 0 fully saturated rings. The molecule has 5 heteroatoms. The van der Waals surface area contributed by atoms with Crippen molar-refractivity contribution in [2.75, 3.05) is 13.4 Å². The number of rotatable bonds is 5. The SMILES string of the molecule is N#CC(CCOc1ccccc1F)c1ccc2c(c1)OCO2. The van der Waals surface area contributed by atoms with Crippen molar-refractivity contribution in [1.29, 1.82) is 5.26 Å². The van der Waals surface area contributed by atoms with Gasteiger partial charge in [-0.1, -0.05) is 18.2 Å². The summed E-state index contributed by atoms with van der Waals surface area (Å²) < 4.78 is 29.4. The predicted molar refractivity (Wildman–Crippen MR) is 77.4 cm³/mol. The summed E-state index contributed by atoms with van der Waals surface area (Å²) in [5, 5.41) is 9.33. The first-order valence-electron chi connectivity index (χ1n) is 6.94. The lowest BCUT2D eigenvalue weighted by Gasteiger charge is -2.11. The molecule has 3 rings (SSSR count). The van der Waals surface area contributed by atoms with E-state index in [0.717, 1.165) is 5.56 Å². The highest BCUT2D eigenvalue weighted by molar-refractivity contribution is 5.46. The summed E-state index contributed by atoms with van der Waals surface area (Å²) in [6.45, 7) is 0.458. The van der Waals surface area contributed by atoms with Gasteiger partial charge in [0.2, 0.25) is 6.79 Å². The molecule has 0 aliphatic carbocycles. The van der Waals surface area contributed by atoms with E-state index in [2.05, 4.69) is 6.07 Å². The van der Waals surface area contributed by atoms with Crippen LogP contribution >= 0.6 is 0 Å².